The Kier molecular flexibility index (Phi) is 7.19. The molecule has 0 spiro atoms. The molecule has 0 fully saturated rings. The first kappa shape index (κ1) is 18.9. The van der Waals surface area contributed by atoms with E-state index in [0.29, 0.717) is 13.2 Å². The van der Waals surface area contributed by atoms with Crippen LogP contribution >= 0.6 is 0 Å². The molecule has 0 unspecified atom stereocenters. The molecular weight excluding hydrogens is 334 g/mol. The molecule has 0 heterocycles. The van der Waals surface area contributed by atoms with Gasteiger partial charge in [-0.05, 0) is 23.1 Å². The zero-order valence-corrected chi connectivity index (χ0v) is 15.4. The Morgan fingerprint density at radius 1 is 0.778 bits per heavy atom. The van der Waals surface area contributed by atoms with Gasteiger partial charge in [-0.3, -0.25) is 4.79 Å². The Morgan fingerprint density at radius 2 is 1.30 bits per heavy atom. The van der Waals surface area contributed by atoms with Gasteiger partial charge in [0.15, 0.2) is 0 Å². The fraction of sp³-hybridized carbons (Fsp3) is 0.208. The maximum Gasteiger partial charge on any atom is 0.246 e. The number of ether oxygens (including phenoxy) is 1. The lowest BCUT2D eigenvalue weighted by Crippen LogP contribution is -2.29. The molecule has 0 atom stereocenters. The Labute approximate surface area is 161 Å². The zero-order valence-electron chi connectivity index (χ0n) is 15.4. The van der Waals surface area contributed by atoms with E-state index in [0.717, 1.165) is 12.0 Å². The van der Waals surface area contributed by atoms with Crippen molar-refractivity contribution in [1.29, 1.82) is 0 Å². The van der Waals surface area contributed by atoms with Crippen molar-refractivity contribution in [2.75, 3.05) is 13.2 Å². The van der Waals surface area contributed by atoms with Gasteiger partial charge in [0.2, 0.25) is 5.91 Å². The van der Waals surface area contributed by atoms with E-state index < -0.39 is 0 Å². The summed E-state index contributed by atoms with van der Waals surface area (Å²) in [5, 5.41) is 2.97. The summed E-state index contributed by atoms with van der Waals surface area (Å²) in [7, 11) is 0. The SMILES string of the molecule is O=C(COCc1ccccc1)NCCC(c1ccccc1)c1ccccc1. The molecule has 3 nitrogen and oxygen atoms in total. The van der Waals surface area contributed by atoms with E-state index in [4.69, 9.17) is 4.74 Å². The molecule has 0 radical (unpaired) electrons. The van der Waals surface area contributed by atoms with Crippen LogP contribution in [0.15, 0.2) is 91.0 Å². The fourth-order valence-electron chi connectivity index (χ4n) is 3.14. The third kappa shape index (κ3) is 6.08. The van der Waals surface area contributed by atoms with Crippen LogP contribution in [-0.2, 0) is 16.1 Å². The van der Waals surface area contributed by atoms with E-state index in [1.54, 1.807) is 0 Å². The summed E-state index contributed by atoms with van der Waals surface area (Å²) in [6.07, 6.45) is 0.846. The third-order valence-electron chi connectivity index (χ3n) is 4.50. The molecule has 0 aliphatic heterocycles. The van der Waals surface area contributed by atoms with Crippen molar-refractivity contribution < 1.29 is 9.53 Å². The summed E-state index contributed by atoms with van der Waals surface area (Å²) in [5.41, 5.74) is 3.59. The van der Waals surface area contributed by atoms with Gasteiger partial charge in [-0.1, -0.05) is 91.0 Å². The highest BCUT2D eigenvalue weighted by molar-refractivity contribution is 5.77. The predicted molar refractivity (Wildman–Crippen MR) is 108 cm³/mol. The molecule has 138 valence electrons. The van der Waals surface area contributed by atoms with E-state index in [1.165, 1.54) is 11.1 Å². The predicted octanol–water partition coefficient (Wildman–Crippen LogP) is 4.54. The summed E-state index contributed by atoms with van der Waals surface area (Å²) in [5.74, 6) is 0.184. The van der Waals surface area contributed by atoms with Gasteiger partial charge in [0.25, 0.3) is 0 Å². The van der Waals surface area contributed by atoms with Crippen LogP contribution in [0.1, 0.15) is 29.0 Å². The second kappa shape index (κ2) is 10.3. The second-order valence-electron chi connectivity index (χ2n) is 6.49. The molecule has 3 aromatic carbocycles. The van der Waals surface area contributed by atoms with Crippen LogP contribution in [0.25, 0.3) is 0 Å². The van der Waals surface area contributed by atoms with E-state index in [1.807, 2.05) is 42.5 Å². The molecule has 0 aromatic heterocycles. The summed E-state index contributed by atoms with van der Waals surface area (Å²) < 4.78 is 5.50. The maximum absolute atomic E-state index is 12.1. The topological polar surface area (TPSA) is 38.3 Å². The average Bonchev–Trinajstić information content (AvgIpc) is 2.73. The van der Waals surface area contributed by atoms with Gasteiger partial charge in [0.05, 0.1) is 6.61 Å². The van der Waals surface area contributed by atoms with Gasteiger partial charge in [0.1, 0.15) is 6.61 Å². The first-order valence-electron chi connectivity index (χ1n) is 9.31. The summed E-state index contributed by atoms with van der Waals surface area (Å²) in [6.45, 7) is 1.14. The van der Waals surface area contributed by atoms with Crippen LogP contribution in [0, 0.1) is 0 Å². The van der Waals surface area contributed by atoms with Crippen molar-refractivity contribution >= 4 is 5.91 Å². The van der Waals surface area contributed by atoms with Crippen LogP contribution in [0.2, 0.25) is 0 Å². The summed E-state index contributed by atoms with van der Waals surface area (Å²) in [4.78, 5) is 12.1. The van der Waals surface area contributed by atoms with E-state index >= 15 is 0 Å². The average molecular weight is 359 g/mol. The largest absolute Gasteiger partial charge is 0.367 e. The Hall–Kier alpha value is -2.91. The van der Waals surface area contributed by atoms with Crippen LogP contribution in [0.5, 0.6) is 0 Å². The minimum absolute atomic E-state index is 0.0780. The van der Waals surface area contributed by atoms with Crippen LogP contribution in [0.4, 0.5) is 0 Å². The molecule has 0 bridgehead atoms. The third-order valence-corrected chi connectivity index (χ3v) is 4.50. The number of carbonyl (C=O) groups excluding carboxylic acids is 1. The number of hydrogen-bond acceptors (Lipinski definition) is 2. The summed E-state index contributed by atoms with van der Waals surface area (Å²) in [6, 6.07) is 30.7. The first-order valence-corrected chi connectivity index (χ1v) is 9.31. The smallest absolute Gasteiger partial charge is 0.246 e. The van der Waals surface area contributed by atoms with Crippen molar-refractivity contribution in [3.8, 4) is 0 Å². The number of benzene rings is 3. The monoisotopic (exact) mass is 359 g/mol. The minimum atomic E-state index is -0.0780. The molecule has 3 heteroatoms. The Morgan fingerprint density at radius 3 is 1.85 bits per heavy atom. The molecule has 0 aliphatic rings. The molecule has 0 saturated carbocycles. The Balaban J connectivity index is 1.48. The lowest BCUT2D eigenvalue weighted by Gasteiger charge is -2.18. The molecule has 1 N–H and O–H groups in total. The lowest BCUT2D eigenvalue weighted by molar-refractivity contribution is -0.126. The highest BCUT2D eigenvalue weighted by Crippen LogP contribution is 2.27. The van der Waals surface area contributed by atoms with Gasteiger partial charge in [0, 0.05) is 12.5 Å². The minimum Gasteiger partial charge on any atom is -0.367 e. The van der Waals surface area contributed by atoms with E-state index in [2.05, 4.69) is 53.8 Å². The summed E-state index contributed by atoms with van der Waals surface area (Å²) >= 11 is 0. The number of amides is 1. The number of nitrogens with one attached hydrogen (secondary N) is 1. The van der Waals surface area contributed by atoms with Gasteiger partial charge < -0.3 is 10.1 Å². The fourth-order valence-corrected chi connectivity index (χ4v) is 3.14. The highest BCUT2D eigenvalue weighted by atomic mass is 16.5. The van der Waals surface area contributed by atoms with E-state index in [-0.39, 0.29) is 18.4 Å². The lowest BCUT2D eigenvalue weighted by atomic mass is 9.88. The van der Waals surface area contributed by atoms with Crippen LogP contribution in [-0.4, -0.2) is 19.1 Å². The van der Waals surface area contributed by atoms with E-state index in [9.17, 15) is 4.79 Å². The molecule has 3 aromatic rings. The molecule has 0 saturated heterocycles. The molecule has 27 heavy (non-hydrogen) atoms. The van der Waals surface area contributed by atoms with Gasteiger partial charge in [-0.15, -0.1) is 0 Å². The van der Waals surface area contributed by atoms with Crippen LogP contribution < -0.4 is 5.32 Å². The molecule has 1 amide bonds. The second-order valence-corrected chi connectivity index (χ2v) is 6.49. The number of rotatable bonds is 9. The molecule has 0 aliphatic carbocycles. The van der Waals surface area contributed by atoms with Crippen molar-refractivity contribution in [1.82, 2.24) is 5.32 Å². The van der Waals surface area contributed by atoms with Crippen LogP contribution in [0.3, 0.4) is 0 Å². The van der Waals surface area contributed by atoms with Crippen molar-refractivity contribution in [3.05, 3.63) is 108 Å². The van der Waals surface area contributed by atoms with Crippen molar-refractivity contribution in [3.63, 3.8) is 0 Å². The van der Waals surface area contributed by atoms with Crippen molar-refractivity contribution in [2.45, 2.75) is 18.9 Å². The van der Waals surface area contributed by atoms with Gasteiger partial charge in [-0.25, -0.2) is 0 Å². The maximum atomic E-state index is 12.1. The van der Waals surface area contributed by atoms with Gasteiger partial charge >= 0.3 is 0 Å². The molecular formula is C24H25NO2. The number of hydrogen-bond donors (Lipinski definition) is 1. The highest BCUT2D eigenvalue weighted by Gasteiger charge is 2.14. The quantitative estimate of drug-likeness (QED) is 0.609. The van der Waals surface area contributed by atoms with Crippen molar-refractivity contribution in [2.24, 2.45) is 0 Å². The zero-order chi connectivity index (χ0) is 18.7. The normalized spacial score (nSPS) is 10.7. The first-order chi connectivity index (χ1) is 13.3. The molecule has 3 rings (SSSR count). The van der Waals surface area contributed by atoms with Gasteiger partial charge in [-0.2, -0.15) is 0 Å². The number of carbonyl (C=O) groups is 1. The Bertz CT molecular complexity index is 764. The standard InChI is InChI=1S/C24H25NO2/c26-24(19-27-18-20-10-4-1-5-11-20)25-17-16-23(21-12-6-2-7-13-21)22-14-8-3-9-15-22/h1-15,23H,16-19H2,(H,25,26).